The minimum absolute atomic E-state index is 0.185. The van der Waals surface area contributed by atoms with Crippen LogP contribution in [0.3, 0.4) is 0 Å². The van der Waals surface area contributed by atoms with E-state index in [2.05, 4.69) is 17.0 Å². The highest BCUT2D eigenvalue weighted by atomic mass is 19.1. The van der Waals surface area contributed by atoms with Gasteiger partial charge in [0.05, 0.1) is 5.69 Å². The number of hydrogen-bond acceptors (Lipinski definition) is 2. The van der Waals surface area contributed by atoms with Crippen molar-refractivity contribution in [2.75, 3.05) is 11.4 Å². The van der Waals surface area contributed by atoms with Crippen LogP contribution in [0.15, 0.2) is 42.5 Å². The van der Waals surface area contributed by atoms with Gasteiger partial charge in [-0.15, -0.1) is 0 Å². The highest BCUT2D eigenvalue weighted by Gasteiger charge is 2.23. The lowest BCUT2D eigenvalue weighted by Gasteiger charge is -2.33. The van der Waals surface area contributed by atoms with Gasteiger partial charge in [-0.1, -0.05) is 30.3 Å². The number of nitrogens with two attached hydrogens (primary N) is 1. The zero-order chi connectivity index (χ0) is 14.1. The maximum atomic E-state index is 14.4. The highest BCUT2D eigenvalue weighted by molar-refractivity contribution is 5.71. The highest BCUT2D eigenvalue weighted by Crippen LogP contribution is 2.38. The van der Waals surface area contributed by atoms with Crippen molar-refractivity contribution in [2.45, 2.75) is 25.8 Å². The van der Waals surface area contributed by atoms with Gasteiger partial charge in [-0.2, -0.15) is 0 Å². The zero-order valence-corrected chi connectivity index (χ0v) is 11.6. The Hall–Kier alpha value is -1.87. The van der Waals surface area contributed by atoms with E-state index in [1.54, 1.807) is 6.07 Å². The van der Waals surface area contributed by atoms with E-state index in [4.69, 9.17) is 5.73 Å². The fraction of sp³-hybridized carbons (Fsp3) is 0.294. The molecule has 2 N–H and O–H groups in total. The van der Waals surface area contributed by atoms with Crippen molar-refractivity contribution >= 4 is 11.4 Å². The second-order valence-corrected chi connectivity index (χ2v) is 5.35. The molecular formula is C17H19FN2. The van der Waals surface area contributed by atoms with Crippen LogP contribution in [0.25, 0.3) is 0 Å². The molecule has 2 nitrogen and oxygen atoms in total. The van der Waals surface area contributed by atoms with Gasteiger partial charge in [-0.05, 0) is 43.0 Å². The molecule has 2 aromatic carbocycles. The molecule has 0 unspecified atom stereocenters. The number of aryl methyl sites for hydroxylation is 1. The fourth-order valence-electron chi connectivity index (χ4n) is 2.95. The first-order valence-electron chi connectivity index (χ1n) is 7.08. The summed E-state index contributed by atoms with van der Waals surface area (Å²) in [5.74, 6) is -0.198. The standard InChI is InChI=1S/C17H19FN2/c1-12(19)14-8-4-9-15(18)17(14)20-11-5-7-13-6-2-3-10-16(13)20/h2-4,6,8-10,12H,5,7,11,19H2,1H3/t12-/m1/s1. The molecule has 20 heavy (non-hydrogen) atoms. The van der Waals surface area contributed by atoms with Crippen molar-refractivity contribution in [3.8, 4) is 0 Å². The van der Waals surface area contributed by atoms with E-state index in [0.29, 0.717) is 5.69 Å². The van der Waals surface area contributed by atoms with E-state index in [1.165, 1.54) is 11.6 Å². The van der Waals surface area contributed by atoms with Gasteiger partial charge in [-0.3, -0.25) is 0 Å². The lowest BCUT2D eigenvalue weighted by Crippen LogP contribution is -2.27. The summed E-state index contributed by atoms with van der Waals surface area (Å²) in [6.07, 6.45) is 2.08. The molecular weight excluding hydrogens is 251 g/mol. The Kier molecular flexibility index (Phi) is 3.45. The maximum absolute atomic E-state index is 14.4. The monoisotopic (exact) mass is 270 g/mol. The Morgan fingerprint density at radius 1 is 1.15 bits per heavy atom. The van der Waals surface area contributed by atoms with Crippen molar-refractivity contribution in [1.29, 1.82) is 0 Å². The van der Waals surface area contributed by atoms with E-state index in [-0.39, 0.29) is 11.9 Å². The van der Waals surface area contributed by atoms with Gasteiger partial charge in [-0.25, -0.2) is 4.39 Å². The second-order valence-electron chi connectivity index (χ2n) is 5.35. The van der Waals surface area contributed by atoms with Crippen LogP contribution in [0.1, 0.15) is 30.5 Å². The fourth-order valence-corrected chi connectivity index (χ4v) is 2.95. The predicted molar refractivity (Wildman–Crippen MR) is 80.8 cm³/mol. The second kappa shape index (κ2) is 5.25. The lowest BCUT2D eigenvalue weighted by atomic mass is 9.98. The summed E-state index contributed by atoms with van der Waals surface area (Å²) in [6, 6.07) is 13.2. The summed E-state index contributed by atoms with van der Waals surface area (Å²) < 4.78 is 14.4. The summed E-state index contributed by atoms with van der Waals surface area (Å²) in [7, 11) is 0. The Bertz CT molecular complexity index is 622. The van der Waals surface area contributed by atoms with Crippen molar-refractivity contribution in [2.24, 2.45) is 5.73 Å². The normalized spacial score (nSPS) is 15.8. The summed E-state index contributed by atoms with van der Waals surface area (Å²) in [4.78, 5) is 2.08. The summed E-state index contributed by atoms with van der Waals surface area (Å²) in [6.45, 7) is 2.73. The molecule has 1 heterocycles. The van der Waals surface area contributed by atoms with Crippen LogP contribution < -0.4 is 10.6 Å². The van der Waals surface area contributed by atoms with Gasteiger partial charge < -0.3 is 10.6 Å². The smallest absolute Gasteiger partial charge is 0.147 e. The van der Waals surface area contributed by atoms with Crippen LogP contribution in [0.4, 0.5) is 15.8 Å². The third-order valence-electron chi connectivity index (χ3n) is 3.89. The number of rotatable bonds is 2. The number of anilines is 2. The molecule has 0 saturated heterocycles. The zero-order valence-electron chi connectivity index (χ0n) is 11.6. The third-order valence-corrected chi connectivity index (χ3v) is 3.89. The van der Waals surface area contributed by atoms with Crippen molar-refractivity contribution in [3.63, 3.8) is 0 Å². The molecule has 0 saturated carbocycles. The van der Waals surface area contributed by atoms with Gasteiger partial charge in [0.2, 0.25) is 0 Å². The molecule has 3 rings (SSSR count). The van der Waals surface area contributed by atoms with E-state index in [0.717, 1.165) is 30.6 Å². The van der Waals surface area contributed by atoms with Crippen LogP contribution in [0.5, 0.6) is 0 Å². The minimum atomic E-state index is -0.198. The average molecular weight is 270 g/mol. The Morgan fingerprint density at radius 2 is 1.95 bits per heavy atom. The Morgan fingerprint density at radius 3 is 2.75 bits per heavy atom. The topological polar surface area (TPSA) is 29.3 Å². The molecule has 0 fully saturated rings. The number of nitrogens with zero attached hydrogens (tertiary/aromatic N) is 1. The first-order chi connectivity index (χ1) is 9.68. The summed E-state index contributed by atoms with van der Waals surface area (Å²) >= 11 is 0. The molecule has 0 spiro atoms. The SMILES string of the molecule is C[C@@H](N)c1cccc(F)c1N1CCCc2ccccc21. The van der Waals surface area contributed by atoms with Crippen LogP contribution in [-0.2, 0) is 6.42 Å². The quantitative estimate of drug-likeness (QED) is 0.896. The van der Waals surface area contributed by atoms with Crippen molar-refractivity contribution < 1.29 is 4.39 Å². The number of fused-ring (bicyclic) bond motifs is 1. The van der Waals surface area contributed by atoms with E-state index < -0.39 is 0 Å². The number of para-hydroxylation sites is 2. The minimum Gasteiger partial charge on any atom is -0.339 e. The number of halogens is 1. The summed E-state index contributed by atoms with van der Waals surface area (Å²) in [5, 5.41) is 0. The first-order valence-corrected chi connectivity index (χ1v) is 7.08. The van der Waals surface area contributed by atoms with Gasteiger partial charge >= 0.3 is 0 Å². The van der Waals surface area contributed by atoms with Gasteiger partial charge in [0.15, 0.2) is 0 Å². The molecule has 0 bridgehead atoms. The Labute approximate surface area is 119 Å². The summed E-state index contributed by atoms with van der Waals surface area (Å²) in [5.41, 5.74) is 9.89. The molecule has 0 aliphatic carbocycles. The van der Waals surface area contributed by atoms with E-state index >= 15 is 0 Å². The molecule has 1 aliphatic rings. The van der Waals surface area contributed by atoms with E-state index in [9.17, 15) is 4.39 Å². The van der Waals surface area contributed by atoms with Crippen LogP contribution >= 0.6 is 0 Å². The van der Waals surface area contributed by atoms with Crippen molar-refractivity contribution in [3.05, 3.63) is 59.4 Å². The molecule has 3 heteroatoms. The van der Waals surface area contributed by atoms with Gasteiger partial charge in [0.25, 0.3) is 0 Å². The lowest BCUT2D eigenvalue weighted by molar-refractivity contribution is 0.614. The van der Waals surface area contributed by atoms with Crippen molar-refractivity contribution in [1.82, 2.24) is 0 Å². The third kappa shape index (κ3) is 2.18. The molecule has 1 aliphatic heterocycles. The first kappa shape index (κ1) is 13.1. The molecule has 0 radical (unpaired) electrons. The average Bonchev–Trinajstić information content (AvgIpc) is 2.46. The van der Waals surface area contributed by atoms with Crippen LogP contribution in [0.2, 0.25) is 0 Å². The number of benzene rings is 2. The predicted octanol–water partition coefficient (Wildman–Crippen LogP) is 3.93. The molecule has 0 amide bonds. The molecule has 104 valence electrons. The van der Waals surface area contributed by atoms with Gasteiger partial charge in [0, 0.05) is 18.3 Å². The molecule has 1 atom stereocenters. The maximum Gasteiger partial charge on any atom is 0.147 e. The number of hydrogen-bond donors (Lipinski definition) is 1. The largest absolute Gasteiger partial charge is 0.339 e. The van der Waals surface area contributed by atoms with Crippen LogP contribution in [-0.4, -0.2) is 6.54 Å². The van der Waals surface area contributed by atoms with Gasteiger partial charge in [0.1, 0.15) is 5.82 Å². The molecule has 0 aromatic heterocycles. The van der Waals surface area contributed by atoms with Crippen LogP contribution in [0, 0.1) is 5.82 Å². The molecule has 2 aromatic rings. The van der Waals surface area contributed by atoms with E-state index in [1.807, 2.05) is 25.1 Å². The Balaban J connectivity index is 2.16.